The van der Waals surface area contributed by atoms with Crippen molar-refractivity contribution < 1.29 is 18.0 Å². The van der Waals surface area contributed by atoms with Crippen LogP contribution in [0, 0.1) is 12.8 Å². The van der Waals surface area contributed by atoms with Crippen LogP contribution in [0.15, 0.2) is 53.4 Å². The van der Waals surface area contributed by atoms with E-state index in [4.69, 9.17) is 11.6 Å². The van der Waals surface area contributed by atoms with E-state index in [0.29, 0.717) is 18.0 Å². The number of carbonyl (C=O) groups excluding carboxylic acids is 2. The summed E-state index contributed by atoms with van der Waals surface area (Å²) in [5.41, 5.74) is 1.72. The monoisotopic (exact) mass is 507 g/mol. The number of amides is 2. The Balaban J connectivity index is 2.30. The van der Waals surface area contributed by atoms with Crippen molar-refractivity contribution in [3.05, 3.63) is 64.7 Å². The van der Waals surface area contributed by atoms with Crippen LogP contribution in [0.1, 0.15) is 38.3 Å². The van der Waals surface area contributed by atoms with Crippen molar-refractivity contribution in [3.63, 3.8) is 0 Å². The molecular formula is C25H34ClN3O4S. The van der Waals surface area contributed by atoms with Crippen LogP contribution in [-0.4, -0.2) is 55.6 Å². The summed E-state index contributed by atoms with van der Waals surface area (Å²) < 4.78 is 27.0. The largest absolute Gasteiger partial charge is 0.354 e. The molecule has 0 aromatic heterocycles. The first-order chi connectivity index (χ1) is 15.9. The second kappa shape index (κ2) is 12.3. The summed E-state index contributed by atoms with van der Waals surface area (Å²) >= 11 is 5.99. The number of hydrogen-bond donors (Lipinski definition) is 1. The molecule has 0 saturated carbocycles. The van der Waals surface area contributed by atoms with Crippen LogP contribution in [0.2, 0.25) is 5.02 Å². The fourth-order valence-electron chi connectivity index (χ4n) is 3.39. The second-order valence-electron chi connectivity index (χ2n) is 8.79. The van der Waals surface area contributed by atoms with Gasteiger partial charge in [0.25, 0.3) is 0 Å². The number of aryl methyl sites for hydroxylation is 1. The lowest BCUT2D eigenvalue weighted by atomic mass is 10.1. The molecule has 2 amide bonds. The first kappa shape index (κ1) is 27.8. The van der Waals surface area contributed by atoms with Gasteiger partial charge in [0.2, 0.25) is 21.8 Å². The molecule has 0 spiro atoms. The Kier molecular flexibility index (Phi) is 10.1. The number of nitrogens with one attached hydrogen (secondary N) is 1. The standard InChI is InChI=1S/C25H34ClN3O4S/c1-6-23(25(31)27-15-18(2)3)29(16-20-9-11-21(26)12-10-20)24(30)17-28(5)34(32,33)22-13-7-19(4)8-14-22/h7-14,18,23H,6,15-17H2,1-5H3,(H,27,31)/t23-/m1/s1. The van der Waals surface area contributed by atoms with Crippen LogP contribution in [0.5, 0.6) is 0 Å². The van der Waals surface area contributed by atoms with Gasteiger partial charge in [-0.2, -0.15) is 4.31 Å². The summed E-state index contributed by atoms with van der Waals surface area (Å²) in [6, 6.07) is 12.7. The highest BCUT2D eigenvalue weighted by molar-refractivity contribution is 7.89. The maximum atomic E-state index is 13.4. The topological polar surface area (TPSA) is 86.8 Å². The molecule has 0 unspecified atom stereocenters. The Bertz CT molecular complexity index is 1070. The molecule has 1 N–H and O–H groups in total. The molecule has 0 aliphatic heterocycles. The lowest BCUT2D eigenvalue weighted by Gasteiger charge is -2.32. The number of sulfonamides is 1. The van der Waals surface area contributed by atoms with Crippen LogP contribution in [0.25, 0.3) is 0 Å². The highest BCUT2D eigenvalue weighted by atomic mass is 35.5. The van der Waals surface area contributed by atoms with E-state index in [2.05, 4.69) is 5.32 Å². The Morgan fingerprint density at radius 3 is 2.15 bits per heavy atom. The van der Waals surface area contributed by atoms with E-state index in [9.17, 15) is 18.0 Å². The predicted octanol–water partition coefficient (Wildman–Crippen LogP) is 3.85. The molecule has 0 radical (unpaired) electrons. The van der Waals surface area contributed by atoms with Gasteiger partial charge < -0.3 is 10.2 Å². The van der Waals surface area contributed by atoms with Gasteiger partial charge in [0, 0.05) is 25.2 Å². The van der Waals surface area contributed by atoms with Crippen LogP contribution in [-0.2, 0) is 26.2 Å². The van der Waals surface area contributed by atoms with Gasteiger partial charge in [0.15, 0.2) is 0 Å². The molecule has 0 heterocycles. The summed E-state index contributed by atoms with van der Waals surface area (Å²) in [5.74, 6) is -0.463. The Morgan fingerprint density at radius 2 is 1.62 bits per heavy atom. The lowest BCUT2D eigenvalue weighted by molar-refractivity contribution is -0.141. The van der Waals surface area contributed by atoms with Gasteiger partial charge >= 0.3 is 0 Å². The van der Waals surface area contributed by atoms with Gasteiger partial charge in [0.05, 0.1) is 11.4 Å². The van der Waals surface area contributed by atoms with E-state index in [1.165, 1.54) is 24.1 Å². The second-order valence-corrected chi connectivity index (χ2v) is 11.3. The summed E-state index contributed by atoms with van der Waals surface area (Å²) in [7, 11) is -2.50. The molecule has 0 fully saturated rings. The third kappa shape index (κ3) is 7.55. The molecule has 2 aromatic rings. The fourth-order valence-corrected chi connectivity index (χ4v) is 4.63. The number of hydrogen-bond acceptors (Lipinski definition) is 4. The molecule has 2 rings (SSSR count). The van der Waals surface area contributed by atoms with E-state index in [1.54, 1.807) is 36.4 Å². The SMILES string of the molecule is CC[C@H](C(=O)NCC(C)C)N(Cc1ccc(Cl)cc1)C(=O)CN(C)S(=O)(=O)c1ccc(C)cc1. The van der Waals surface area contributed by atoms with Crippen molar-refractivity contribution >= 4 is 33.4 Å². The molecule has 9 heteroatoms. The number of rotatable bonds is 11. The molecule has 7 nitrogen and oxygen atoms in total. The minimum atomic E-state index is -3.87. The van der Waals surface area contributed by atoms with E-state index in [-0.39, 0.29) is 23.3 Å². The van der Waals surface area contributed by atoms with Crippen LogP contribution < -0.4 is 5.32 Å². The fraction of sp³-hybridized carbons (Fsp3) is 0.440. The zero-order valence-electron chi connectivity index (χ0n) is 20.4. The average molecular weight is 508 g/mol. The van der Waals surface area contributed by atoms with Crippen molar-refractivity contribution in [2.24, 2.45) is 5.92 Å². The smallest absolute Gasteiger partial charge is 0.243 e. The molecule has 0 bridgehead atoms. The predicted molar refractivity (Wildman–Crippen MR) is 135 cm³/mol. The van der Waals surface area contributed by atoms with Gasteiger partial charge in [-0.1, -0.05) is 62.2 Å². The molecule has 186 valence electrons. The van der Waals surface area contributed by atoms with Crippen molar-refractivity contribution in [1.29, 1.82) is 0 Å². The maximum absolute atomic E-state index is 13.4. The third-order valence-electron chi connectivity index (χ3n) is 5.42. The van der Waals surface area contributed by atoms with E-state index < -0.39 is 28.5 Å². The Labute approximate surface area is 208 Å². The van der Waals surface area contributed by atoms with Gasteiger partial charge in [-0.15, -0.1) is 0 Å². The van der Waals surface area contributed by atoms with E-state index in [0.717, 1.165) is 15.4 Å². The number of nitrogens with zero attached hydrogens (tertiary/aromatic N) is 2. The zero-order valence-corrected chi connectivity index (χ0v) is 22.0. The highest BCUT2D eigenvalue weighted by Crippen LogP contribution is 2.18. The Hall–Kier alpha value is -2.42. The summed E-state index contributed by atoms with van der Waals surface area (Å²) in [5, 5.41) is 3.45. The number of likely N-dealkylation sites (N-methyl/N-ethyl adjacent to an activating group) is 1. The van der Waals surface area contributed by atoms with E-state index in [1.807, 2.05) is 27.7 Å². The molecule has 2 aromatic carbocycles. The summed E-state index contributed by atoms with van der Waals surface area (Å²) in [6.45, 7) is 7.92. The maximum Gasteiger partial charge on any atom is 0.243 e. The number of halogens is 1. The van der Waals surface area contributed by atoms with Crippen molar-refractivity contribution in [1.82, 2.24) is 14.5 Å². The first-order valence-electron chi connectivity index (χ1n) is 11.3. The number of carbonyl (C=O) groups is 2. The minimum absolute atomic E-state index is 0.111. The molecule has 0 saturated heterocycles. The van der Waals surface area contributed by atoms with Gasteiger partial charge in [-0.3, -0.25) is 9.59 Å². The molecule has 0 aliphatic carbocycles. The van der Waals surface area contributed by atoms with Crippen molar-refractivity contribution in [2.45, 2.75) is 51.6 Å². The highest BCUT2D eigenvalue weighted by Gasteiger charge is 2.31. The molecule has 34 heavy (non-hydrogen) atoms. The third-order valence-corrected chi connectivity index (χ3v) is 7.49. The van der Waals surface area contributed by atoms with E-state index >= 15 is 0 Å². The average Bonchev–Trinajstić information content (AvgIpc) is 2.79. The van der Waals surface area contributed by atoms with Crippen LogP contribution in [0.3, 0.4) is 0 Å². The van der Waals surface area contributed by atoms with Crippen molar-refractivity contribution in [3.8, 4) is 0 Å². The van der Waals surface area contributed by atoms with Crippen LogP contribution >= 0.6 is 11.6 Å². The summed E-state index contributed by atoms with van der Waals surface area (Å²) in [6.07, 6.45) is 0.387. The van der Waals surface area contributed by atoms with Gasteiger partial charge in [0.1, 0.15) is 6.04 Å². The zero-order chi connectivity index (χ0) is 25.5. The molecule has 0 aliphatic rings. The first-order valence-corrected chi connectivity index (χ1v) is 13.1. The van der Waals surface area contributed by atoms with Crippen LogP contribution in [0.4, 0.5) is 0 Å². The van der Waals surface area contributed by atoms with Gasteiger partial charge in [-0.05, 0) is 49.1 Å². The normalized spacial score (nSPS) is 12.6. The summed E-state index contributed by atoms with van der Waals surface area (Å²) in [4.78, 5) is 27.9. The molecular weight excluding hydrogens is 474 g/mol. The Morgan fingerprint density at radius 1 is 1.03 bits per heavy atom. The van der Waals surface area contributed by atoms with Crippen molar-refractivity contribution in [2.75, 3.05) is 20.1 Å². The number of benzene rings is 2. The minimum Gasteiger partial charge on any atom is -0.354 e. The molecule has 1 atom stereocenters. The van der Waals surface area contributed by atoms with Gasteiger partial charge in [-0.25, -0.2) is 8.42 Å². The lowest BCUT2D eigenvalue weighted by Crippen LogP contribution is -2.52. The quantitative estimate of drug-likeness (QED) is 0.500.